The van der Waals surface area contributed by atoms with Gasteiger partial charge >= 0.3 is 72.3 Å². The van der Waals surface area contributed by atoms with Gasteiger partial charge in [0.05, 0.1) is 151 Å². The number of nitrogens with zero attached hydrogens (tertiary/aromatic N) is 11. The summed E-state index contributed by atoms with van der Waals surface area (Å²) in [7, 11) is 4.53. The topological polar surface area (TPSA) is 309 Å². The number of rotatable bonds is 17. The first kappa shape index (κ1) is 115. The number of halogens is 3. The van der Waals surface area contributed by atoms with Crippen LogP contribution in [0.3, 0.4) is 0 Å². The second kappa shape index (κ2) is 68.8. The number of carboxylic acid groups (broad SMARTS) is 1. The molecule has 8 aliphatic heterocycles. The third kappa shape index (κ3) is 42.4. The fourth-order valence-electron chi connectivity index (χ4n) is 10.8. The fourth-order valence-corrected chi connectivity index (χ4v) is 15.0. The number of aldehydes is 1. The summed E-state index contributed by atoms with van der Waals surface area (Å²) in [5, 5.41) is 15.7. The van der Waals surface area contributed by atoms with Crippen LogP contribution in [0, 0.1) is 39.8 Å². The molecule has 7 fully saturated rings. The molecule has 7 saturated heterocycles. The first-order valence-electron chi connectivity index (χ1n) is 38.2. The Labute approximate surface area is 802 Å². The molecule has 123 heavy (non-hydrogen) atoms. The number of unbranched alkanes of at least 4 members (excludes halogenated alkanes) is 1. The number of hydrogen-bond acceptors (Lipinski definition) is 29. The van der Waals surface area contributed by atoms with Gasteiger partial charge in [-0.05, 0) is 55.8 Å². The molecule has 0 spiro atoms. The number of benzene rings is 2. The summed E-state index contributed by atoms with van der Waals surface area (Å²) in [6, 6.07) is 16.9. The van der Waals surface area contributed by atoms with Crippen LogP contribution in [-0.4, -0.2) is 302 Å². The predicted molar refractivity (Wildman–Crippen MR) is 484 cm³/mol. The van der Waals surface area contributed by atoms with Gasteiger partial charge in [0.2, 0.25) is 22.8 Å². The van der Waals surface area contributed by atoms with Crippen molar-refractivity contribution >= 4 is 176 Å². The number of anilines is 3. The van der Waals surface area contributed by atoms with E-state index in [0.29, 0.717) is 162 Å². The number of cyclic esters (lactones) is 1. The van der Waals surface area contributed by atoms with Gasteiger partial charge in [-0.25, -0.2) is 40.3 Å². The first-order valence-corrected chi connectivity index (χ1v) is 43.7. The molecule has 0 radical (unpaired) electrons. The Morgan fingerprint density at radius 3 is 1.42 bits per heavy atom. The summed E-state index contributed by atoms with van der Waals surface area (Å²) >= 11 is 27.7. The van der Waals surface area contributed by atoms with E-state index in [2.05, 4.69) is 77.0 Å². The number of carbonyl (C=O) groups is 5. The standard InChI is InChI=1S/C17H13ClN2O3S.C12H17N3O2S.C12H14N2O3S.C10H10N2O3S.C7H5ClO.C7H10N2OS.C4H7IO2.C4H9NO.C4H10O3.C4H9.Li.Na.H2O/c1-19-13-12-14(10-2-4-11(18)5-3-10)23-17(21)15(12)24-16(13)20-6-8-22-9-7-20;1-13-11(10-14-2-6-16-7-3-14)12(18)15-4-8-17-9-5-15;1-3-17-12(15)10-8-9(13-2)11(18-10)14-4-6-16-7-5-14;1-11-7-6-8(10(13)14)16-9(7)12-2-4-15-5-3-12;8-7-3-1-6(5-9)2-4-7;1-8-6-7(11)9-2-4-10-5-3-9;1-2-7-4(6)3-5;1-3-6-4-2-5-1;1-5-4(6-2)7-3;1-3-4-2;;;/h2-5,14H,6-9H2;10H,2-9H2;8H,3-7H2,1H3;6H,2-5H2,(H,13,14);1-5H;2-6H2;2-3H2,1H3;5H,1-4H2;4H,1-3H3;1,3-4H2,2H3;;;1H2/q;;;;;;;;;-1;2*+1;/p-1. The SMILES string of the molecule is C1COCCN1.CCOC(=O)CI.COC(OC)OC.O=Cc1ccc(Cl)cc1.[C-]#[N+]C(=CN1CCOCC1)C(=S)N1CCOCC1.[C-]#[N+]CC(=S)N1CCOCC1.[C-]#[N+]c1c(N2CCOCC2)sc2c1C(c1ccc(Cl)cc1)OC2=O.[C-]#[N+]c1cc(C(=O)O)sc1N1CCOCC1.[C-]#[N+]c1cc(C(=O)OCC)sc1N1CCOCC1.[CH2-]CCC.[Li+].[Na+].[OH-]. The van der Waals surface area contributed by atoms with E-state index < -0.39 is 18.5 Å². The zero-order chi connectivity index (χ0) is 87.8. The van der Waals surface area contributed by atoms with E-state index in [0.717, 1.165) is 155 Å². The quantitative estimate of drug-likeness (QED) is 0.00853. The molecule has 2 aromatic carbocycles. The van der Waals surface area contributed by atoms with Gasteiger partial charge in [0.1, 0.15) is 32.0 Å². The number of aromatic carboxylic acids is 1. The molecule has 1 atom stereocenters. The average molecular weight is 1950 g/mol. The molecule has 0 aliphatic carbocycles. The van der Waals surface area contributed by atoms with E-state index in [1.165, 1.54) is 56.5 Å². The van der Waals surface area contributed by atoms with Crippen LogP contribution >= 0.6 is 104 Å². The third-order valence-corrected chi connectivity index (χ3v) is 22.4. The van der Waals surface area contributed by atoms with Crippen LogP contribution in [0.5, 0.6) is 0 Å². The molecule has 8 aliphatic rings. The third-order valence-electron chi connectivity index (χ3n) is 16.8. The zero-order valence-corrected chi connectivity index (χ0v) is 80.4. The molecule has 0 amide bonds. The maximum atomic E-state index is 12.3. The Hall–Kier alpha value is -6.31. The van der Waals surface area contributed by atoms with Crippen molar-refractivity contribution in [3.63, 3.8) is 0 Å². The molecule has 3 N–H and O–H groups in total. The van der Waals surface area contributed by atoms with Gasteiger partial charge in [0, 0.05) is 140 Å². The fraction of sp³-hybridized carbons (Fsp3) is 0.519. The number of hydrogen-bond donors (Lipinski definition) is 2. The van der Waals surface area contributed by atoms with E-state index in [4.69, 9.17) is 128 Å². The molecule has 42 heteroatoms. The number of ether oxygens (including phenoxy) is 13. The number of methoxy groups -OCH3 is 3. The normalized spacial score (nSPS) is 16.0. The predicted octanol–water partition coefficient (Wildman–Crippen LogP) is 7.90. The number of nitrogens with one attached hydrogen (secondary N) is 1. The number of alkyl halides is 1. The van der Waals surface area contributed by atoms with E-state index in [9.17, 15) is 24.0 Å². The molecule has 0 bridgehead atoms. The minimum Gasteiger partial charge on any atom is -0.870 e. The number of carbonyl (C=O) groups excluding carboxylic acids is 4. The van der Waals surface area contributed by atoms with Crippen molar-refractivity contribution < 1.29 is 145 Å². The minimum absolute atomic E-state index is 0. The van der Waals surface area contributed by atoms with E-state index in [1.54, 1.807) is 56.3 Å². The number of thiophene rings is 3. The summed E-state index contributed by atoms with van der Waals surface area (Å²) in [6.07, 6.45) is 4.39. The molecular formula is C81H105Cl2ILiN12NaO20S5. The Balaban J connectivity index is 0.000000708. The summed E-state index contributed by atoms with van der Waals surface area (Å²) in [4.78, 5) is 87.4. The van der Waals surface area contributed by atoms with Crippen molar-refractivity contribution in [3.8, 4) is 0 Å². The van der Waals surface area contributed by atoms with E-state index in [-0.39, 0.29) is 76.7 Å². The van der Waals surface area contributed by atoms with Crippen molar-refractivity contribution in [2.24, 2.45) is 0 Å². The zero-order valence-electron chi connectivity index (χ0n) is 70.7. The Bertz CT molecular complexity index is 4150. The molecule has 32 nitrogen and oxygen atoms in total. The Morgan fingerprint density at radius 1 is 0.634 bits per heavy atom. The first-order chi connectivity index (χ1) is 58.2. The maximum Gasteiger partial charge on any atom is 1.00 e. The van der Waals surface area contributed by atoms with Gasteiger partial charge in [-0.2, -0.15) is 6.42 Å². The molecular weight excluding hydrogens is 1850 g/mol. The number of esters is 3. The van der Waals surface area contributed by atoms with Crippen LogP contribution in [0.25, 0.3) is 24.2 Å². The molecule has 13 rings (SSSR count). The maximum absolute atomic E-state index is 12.3. The van der Waals surface area contributed by atoms with Gasteiger partial charge in [0.25, 0.3) is 13.0 Å². The average Bonchev–Trinajstić information content (AvgIpc) is 1.59. The molecule has 11 heterocycles. The largest absolute Gasteiger partial charge is 1.00 e. The Kier molecular flexibility index (Phi) is 64.2. The van der Waals surface area contributed by atoms with Crippen molar-refractivity contribution in [3.05, 3.63) is 178 Å². The van der Waals surface area contributed by atoms with E-state index >= 15 is 0 Å². The van der Waals surface area contributed by atoms with Crippen LogP contribution in [0.1, 0.15) is 90.2 Å². The Morgan fingerprint density at radius 2 is 1.06 bits per heavy atom. The molecule has 5 aromatic rings. The summed E-state index contributed by atoms with van der Waals surface area (Å²) in [5.74, 6) is -1.83. The van der Waals surface area contributed by atoms with Gasteiger partial charge in [-0.1, -0.05) is 108 Å². The van der Waals surface area contributed by atoms with Crippen molar-refractivity contribution in [2.75, 3.05) is 244 Å². The molecule has 1 unspecified atom stereocenters. The second-order valence-electron chi connectivity index (χ2n) is 24.9. The second-order valence-corrected chi connectivity index (χ2v) is 30.5. The van der Waals surface area contributed by atoms with Crippen LogP contribution in [0.15, 0.2) is 72.6 Å². The monoisotopic (exact) mass is 1950 g/mol. The van der Waals surface area contributed by atoms with Crippen LogP contribution < -0.4 is 68.4 Å². The molecule has 662 valence electrons. The summed E-state index contributed by atoms with van der Waals surface area (Å²) in [5.41, 5.74) is 4.16. The number of fused-ring (bicyclic) bond motifs is 1. The summed E-state index contributed by atoms with van der Waals surface area (Å²) < 4.78 is 65.9. The van der Waals surface area contributed by atoms with Crippen LogP contribution in [-0.2, 0) is 66.4 Å². The van der Waals surface area contributed by atoms with Crippen molar-refractivity contribution in [2.45, 2.75) is 46.2 Å². The number of morpholine rings is 7. The number of carboxylic acids is 1. The molecule has 3 aromatic heterocycles. The van der Waals surface area contributed by atoms with Crippen LogP contribution in [0.4, 0.5) is 32.1 Å². The van der Waals surface area contributed by atoms with Crippen molar-refractivity contribution in [1.82, 2.24) is 20.0 Å². The van der Waals surface area contributed by atoms with E-state index in [1.807, 2.05) is 55.6 Å². The van der Waals surface area contributed by atoms with Gasteiger partial charge in [-0.3, -0.25) is 9.59 Å². The number of thiocarbonyl (C=S) groups is 2. The van der Waals surface area contributed by atoms with Crippen LogP contribution in [0.2, 0.25) is 10.0 Å². The van der Waals surface area contributed by atoms with Gasteiger partial charge in [-0.15, -0.1) is 34.0 Å². The van der Waals surface area contributed by atoms with Crippen molar-refractivity contribution in [1.29, 1.82) is 0 Å². The minimum atomic E-state index is -0.977. The smallest absolute Gasteiger partial charge is 0.870 e. The van der Waals surface area contributed by atoms with Gasteiger partial charge < -0.3 is 119 Å². The van der Waals surface area contributed by atoms with Gasteiger partial charge in [0.15, 0.2) is 4.99 Å². The summed E-state index contributed by atoms with van der Waals surface area (Å²) in [6.45, 7) is 66.9. The molecule has 0 saturated carbocycles.